The summed E-state index contributed by atoms with van der Waals surface area (Å²) in [6.45, 7) is 5.51. The molecule has 0 aromatic heterocycles. The van der Waals surface area contributed by atoms with E-state index in [0.717, 1.165) is 13.1 Å². The molecule has 2 heterocycles. The first-order valence-corrected chi connectivity index (χ1v) is 8.01. The van der Waals surface area contributed by atoms with E-state index < -0.39 is 17.7 Å². The number of nitrogens with one attached hydrogen (secondary N) is 1. The molecule has 0 radical (unpaired) electrons. The number of nitrogens with zero attached hydrogens (tertiary/aromatic N) is 2. The number of hydrogen-bond donors (Lipinski definition) is 2. The first-order chi connectivity index (χ1) is 10.4. The lowest BCUT2D eigenvalue weighted by molar-refractivity contribution is -0.137. The van der Waals surface area contributed by atoms with Crippen LogP contribution in [-0.2, 0) is 9.53 Å². The molecule has 0 spiro atoms. The Morgan fingerprint density at radius 3 is 2.36 bits per heavy atom. The van der Waals surface area contributed by atoms with Crippen LogP contribution in [0.15, 0.2) is 0 Å². The highest BCUT2D eigenvalue weighted by molar-refractivity contribution is 5.85. The fourth-order valence-corrected chi connectivity index (χ4v) is 3.23. The van der Waals surface area contributed by atoms with E-state index in [2.05, 4.69) is 15.0 Å². The summed E-state index contributed by atoms with van der Waals surface area (Å²) < 4.78 is 4.50. The van der Waals surface area contributed by atoms with Gasteiger partial charge in [-0.3, -0.25) is 4.79 Å². The lowest BCUT2D eigenvalue weighted by Gasteiger charge is -2.40. The Morgan fingerprint density at radius 1 is 1.23 bits per heavy atom. The second kappa shape index (κ2) is 7.28. The Bertz CT molecular complexity index is 402. The highest BCUT2D eigenvalue weighted by Gasteiger charge is 2.36. The summed E-state index contributed by atoms with van der Waals surface area (Å²) >= 11 is 0. The molecule has 0 aliphatic carbocycles. The van der Waals surface area contributed by atoms with E-state index in [-0.39, 0.29) is 5.91 Å². The number of β-amino-alcohol motifs (C(OH)–C–C–N with tert-alkyl or cyclic N) is 1. The third-order valence-electron chi connectivity index (χ3n) is 4.61. The quantitative estimate of drug-likeness (QED) is 0.774. The number of carbonyl (C=O) groups excluding carboxylic acids is 2. The maximum Gasteiger partial charge on any atom is 0.407 e. The Kier molecular flexibility index (Phi) is 5.63. The fourth-order valence-electron chi connectivity index (χ4n) is 3.23. The number of amides is 2. The van der Waals surface area contributed by atoms with Crippen LogP contribution in [-0.4, -0.2) is 78.4 Å². The van der Waals surface area contributed by atoms with Gasteiger partial charge in [-0.1, -0.05) is 0 Å². The van der Waals surface area contributed by atoms with Crippen molar-refractivity contribution < 1.29 is 19.4 Å². The number of alkyl carbamates (subject to hydrolysis) is 1. The van der Waals surface area contributed by atoms with Crippen molar-refractivity contribution in [1.82, 2.24) is 15.1 Å². The Morgan fingerprint density at radius 2 is 1.82 bits per heavy atom. The van der Waals surface area contributed by atoms with E-state index in [9.17, 15) is 14.7 Å². The summed E-state index contributed by atoms with van der Waals surface area (Å²) in [6.07, 6.45) is 2.97. The highest BCUT2D eigenvalue weighted by atomic mass is 16.5. The Hall–Kier alpha value is -1.34. The van der Waals surface area contributed by atoms with E-state index in [1.165, 1.54) is 20.0 Å². The summed E-state index contributed by atoms with van der Waals surface area (Å²) in [6, 6.07) is -0.614. The lowest BCUT2D eigenvalue weighted by Crippen LogP contribution is -2.55. The van der Waals surface area contributed by atoms with Gasteiger partial charge in [0.1, 0.15) is 6.04 Å². The number of carbonyl (C=O) groups is 2. The average molecular weight is 313 g/mol. The molecule has 2 aliphatic heterocycles. The zero-order valence-corrected chi connectivity index (χ0v) is 13.5. The van der Waals surface area contributed by atoms with E-state index in [0.29, 0.717) is 32.5 Å². The largest absolute Gasteiger partial charge is 0.453 e. The Labute approximate surface area is 131 Å². The minimum absolute atomic E-state index is 0.131. The second-order valence-electron chi connectivity index (χ2n) is 6.39. The van der Waals surface area contributed by atoms with Crippen LogP contribution in [0.5, 0.6) is 0 Å². The molecular weight excluding hydrogens is 286 g/mol. The standard InChI is InChI=1S/C15H27N3O4/c1-12(16-14(20)22-2)13(19)18-9-5-15(21,6-10-18)11-17-7-3-4-8-17/h12,21H,3-11H2,1-2H3,(H,16,20)/t12-/m1/s1. The maximum absolute atomic E-state index is 12.3. The van der Waals surface area contributed by atoms with Crippen molar-refractivity contribution in [2.24, 2.45) is 0 Å². The SMILES string of the molecule is COC(=O)N[C@H](C)C(=O)N1CCC(O)(CN2CCCC2)CC1. The molecule has 126 valence electrons. The van der Waals surface area contributed by atoms with Crippen LogP contribution in [0.4, 0.5) is 4.79 Å². The van der Waals surface area contributed by atoms with Gasteiger partial charge in [0.25, 0.3) is 0 Å². The van der Waals surface area contributed by atoms with E-state index in [4.69, 9.17) is 0 Å². The van der Waals surface area contributed by atoms with E-state index in [1.807, 2.05) is 0 Å². The molecule has 2 rings (SSSR count). The first kappa shape index (κ1) is 17.0. The number of aliphatic hydroxyl groups is 1. The topological polar surface area (TPSA) is 82.1 Å². The van der Waals surface area contributed by atoms with E-state index in [1.54, 1.807) is 11.8 Å². The summed E-state index contributed by atoms with van der Waals surface area (Å²) in [5, 5.41) is 13.2. The van der Waals surface area contributed by atoms with Gasteiger partial charge in [-0.2, -0.15) is 0 Å². The molecule has 22 heavy (non-hydrogen) atoms. The van der Waals surface area contributed by atoms with Crippen molar-refractivity contribution in [3.8, 4) is 0 Å². The highest BCUT2D eigenvalue weighted by Crippen LogP contribution is 2.25. The number of likely N-dealkylation sites (tertiary alicyclic amines) is 2. The van der Waals surface area contributed by atoms with Crippen LogP contribution in [0.1, 0.15) is 32.6 Å². The van der Waals surface area contributed by atoms with Crippen LogP contribution in [0.3, 0.4) is 0 Å². The summed E-state index contributed by atoms with van der Waals surface area (Å²) in [7, 11) is 1.27. The van der Waals surface area contributed by atoms with Gasteiger partial charge in [0, 0.05) is 19.6 Å². The van der Waals surface area contributed by atoms with Crippen molar-refractivity contribution in [3.63, 3.8) is 0 Å². The van der Waals surface area contributed by atoms with Crippen molar-refractivity contribution in [2.75, 3.05) is 39.8 Å². The van der Waals surface area contributed by atoms with Crippen LogP contribution in [0.25, 0.3) is 0 Å². The van der Waals surface area contributed by atoms with Gasteiger partial charge in [0.15, 0.2) is 0 Å². The molecule has 0 bridgehead atoms. The smallest absolute Gasteiger partial charge is 0.407 e. The second-order valence-corrected chi connectivity index (χ2v) is 6.39. The molecule has 7 nitrogen and oxygen atoms in total. The van der Waals surface area contributed by atoms with Gasteiger partial charge in [0.05, 0.1) is 12.7 Å². The zero-order valence-electron chi connectivity index (χ0n) is 13.5. The van der Waals surface area contributed by atoms with Crippen molar-refractivity contribution in [1.29, 1.82) is 0 Å². The van der Waals surface area contributed by atoms with Crippen LogP contribution >= 0.6 is 0 Å². The predicted octanol–water partition coefficient (Wildman–Crippen LogP) is 0.180. The number of ether oxygens (including phenoxy) is 1. The van der Waals surface area contributed by atoms with Crippen LogP contribution < -0.4 is 5.32 Å². The predicted molar refractivity (Wildman–Crippen MR) is 81.4 cm³/mol. The first-order valence-electron chi connectivity index (χ1n) is 8.01. The fraction of sp³-hybridized carbons (Fsp3) is 0.867. The summed E-state index contributed by atoms with van der Waals surface area (Å²) in [4.78, 5) is 27.4. The van der Waals surface area contributed by atoms with Gasteiger partial charge in [-0.15, -0.1) is 0 Å². The molecule has 0 saturated carbocycles. The maximum atomic E-state index is 12.3. The van der Waals surface area contributed by atoms with Gasteiger partial charge >= 0.3 is 6.09 Å². The van der Waals surface area contributed by atoms with Crippen molar-refractivity contribution in [2.45, 2.75) is 44.2 Å². The zero-order chi connectivity index (χ0) is 16.2. The molecule has 0 aromatic carbocycles. The van der Waals surface area contributed by atoms with Gasteiger partial charge < -0.3 is 25.0 Å². The van der Waals surface area contributed by atoms with Crippen molar-refractivity contribution >= 4 is 12.0 Å². The number of methoxy groups -OCH3 is 1. The lowest BCUT2D eigenvalue weighted by atomic mass is 9.90. The molecular formula is C15H27N3O4. The number of piperidine rings is 1. The van der Waals surface area contributed by atoms with Crippen LogP contribution in [0.2, 0.25) is 0 Å². The van der Waals surface area contributed by atoms with Gasteiger partial charge in [-0.25, -0.2) is 4.79 Å². The monoisotopic (exact) mass is 313 g/mol. The molecule has 2 fully saturated rings. The molecule has 1 atom stereocenters. The minimum Gasteiger partial charge on any atom is -0.453 e. The molecule has 0 unspecified atom stereocenters. The minimum atomic E-state index is -0.694. The molecule has 7 heteroatoms. The summed E-state index contributed by atoms with van der Waals surface area (Å²) in [5.41, 5.74) is -0.694. The number of hydrogen-bond acceptors (Lipinski definition) is 5. The van der Waals surface area contributed by atoms with Gasteiger partial charge in [0.2, 0.25) is 5.91 Å². The number of rotatable bonds is 4. The molecule has 2 N–H and O–H groups in total. The molecule has 0 aromatic rings. The molecule has 2 amide bonds. The third-order valence-corrected chi connectivity index (χ3v) is 4.61. The normalized spacial score (nSPS) is 23.1. The van der Waals surface area contributed by atoms with Gasteiger partial charge in [-0.05, 0) is 45.7 Å². The van der Waals surface area contributed by atoms with E-state index >= 15 is 0 Å². The molecule has 2 saturated heterocycles. The van der Waals surface area contributed by atoms with Crippen molar-refractivity contribution in [3.05, 3.63) is 0 Å². The van der Waals surface area contributed by atoms with Crippen LogP contribution in [0, 0.1) is 0 Å². The Balaban J connectivity index is 1.80. The average Bonchev–Trinajstić information content (AvgIpc) is 2.99. The molecule has 2 aliphatic rings. The third kappa shape index (κ3) is 4.33. The summed E-state index contributed by atoms with van der Waals surface area (Å²) in [5.74, 6) is -0.131.